The third kappa shape index (κ3) is 2.95. The fraction of sp³-hybridized carbons (Fsp3) is 0.222. The molecule has 0 heterocycles. The maximum absolute atomic E-state index is 12.6. The van der Waals surface area contributed by atoms with Crippen molar-refractivity contribution in [1.82, 2.24) is 0 Å². The van der Waals surface area contributed by atoms with E-state index in [1.165, 1.54) is 12.1 Å². The molecule has 0 aliphatic rings. The van der Waals surface area contributed by atoms with E-state index in [2.05, 4.69) is 4.99 Å². The Balaban J connectivity index is 2.51. The SMILES string of the molecule is O=C=NCCOc1ccc(F)c(F)c1. The van der Waals surface area contributed by atoms with Crippen LogP contribution >= 0.6 is 0 Å². The first-order chi connectivity index (χ1) is 6.74. The van der Waals surface area contributed by atoms with Crippen LogP contribution in [0, 0.1) is 11.6 Å². The Hall–Kier alpha value is -1.74. The molecule has 0 amide bonds. The molecule has 0 aromatic heterocycles. The van der Waals surface area contributed by atoms with Gasteiger partial charge < -0.3 is 4.74 Å². The van der Waals surface area contributed by atoms with E-state index in [1.54, 1.807) is 0 Å². The van der Waals surface area contributed by atoms with Crippen LogP contribution in [0.2, 0.25) is 0 Å². The predicted molar refractivity (Wildman–Crippen MR) is 44.8 cm³/mol. The maximum atomic E-state index is 12.6. The highest BCUT2D eigenvalue weighted by Crippen LogP contribution is 2.14. The predicted octanol–water partition coefficient (Wildman–Crippen LogP) is 1.68. The van der Waals surface area contributed by atoms with Crippen LogP contribution in [0.1, 0.15) is 0 Å². The molecule has 0 bridgehead atoms. The fourth-order valence-electron chi connectivity index (χ4n) is 0.821. The summed E-state index contributed by atoms with van der Waals surface area (Å²) in [6.45, 7) is 0.267. The molecule has 14 heavy (non-hydrogen) atoms. The average Bonchev–Trinajstić information content (AvgIpc) is 2.18. The van der Waals surface area contributed by atoms with Crippen LogP contribution in [-0.2, 0) is 4.79 Å². The van der Waals surface area contributed by atoms with Crippen LogP contribution in [0.3, 0.4) is 0 Å². The van der Waals surface area contributed by atoms with E-state index in [0.29, 0.717) is 0 Å². The Morgan fingerprint density at radius 2 is 2.14 bits per heavy atom. The minimum atomic E-state index is -0.971. The molecule has 0 fully saturated rings. The van der Waals surface area contributed by atoms with Crippen LogP contribution in [-0.4, -0.2) is 19.2 Å². The molecule has 0 saturated heterocycles. The van der Waals surface area contributed by atoms with Crippen LogP contribution in [0.15, 0.2) is 23.2 Å². The van der Waals surface area contributed by atoms with Crippen molar-refractivity contribution in [2.75, 3.05) is 13.2 Å². The summed E-state index contributed by atoms with van der Waals surface area (Å²) >= 11 is 0. The van der Waals surface area contributed by atoms with E-state index in [9.17, 15) is 13.6 Å². The number of nitrogens with zero attached hydrogens (tertiary/aromatic N) is 1. The molecule has 0 atom stereocenters. The Labute approximate surface area is 79.0 Å². The summed E-state index contributed by atoms with van der Waals surface area (Å²) in [5, 5.41) is 0. The Kier molecular flexibility index (Phi) is 3.76. The molecule has 0 N–H and O–H groups in total. The quantitative estimate of drug-likeness (QED) is 0.420. The van der Waals surface area contributed by atoms with Crippen molar-refractivity contribution < 1.29 is 18.3 Å². The van der Waals surface area contributed by atoms with Crippen molar-refractivity contribution in [3.05, 3.63) is 29.8 Å². The van der Waals surface area contributed by atoms with Gasteiger partial charge in [-0.3, -0.25) is 0 Å². The van der Waals surface area contributed by atoms with Crippen LogP contribution in [0.25, 0.3) is 0 Å². The topological polar surface area (TPSA) is 38.7 Å². The van der Waals surface area contributed by atoms with Crippen LogP contribution in [0.4, 0.5) is 8.78 Å². The lowest BCUT2D eigenvalue weighted by atomic mass is 10.3. The Morgan fingerprint density at radius 1 is 1.36 bits per heavy atom. The van der Waals surface area contributed by atoms with Gasteiger partial charge in [0.05, 0.1) is 6.54 Å². The zero-order chi connectivity index (χ0) is 10.4. The van der Waals surface area contributed by atoms with Gasteiger partial charge in [-0.05, 0) is 12.1 Å². The molecule has 0 aliphatic heterocycles. The number of benzene rings is 1. The standard InChI is InChI=1S/C9H7F2NO2/c10-8-2-1-7(5-9(8)11)14-4-3-12-6-13/h1-2,5H,3-4H2. The van der Waals surface area contributed by atoms with Crippen molar-refractivity contribution in [1.29, 1.82) is 0 Å². The summed E-state index contributed by atoms with van der Waals surface area (Å²) in [6, 6.07) is 3.19. The largest absolute Gasteiger partial charge is 0.492 e. The zero-order valence-corrected chi connectivity index (χ0v) is 7.17. The minimum Gasteiger partial charge on any atom is -0.492 e. The summed E-state index contributed by atoms with van der Waals surface area (Å²) < 4.78 is 30.0. The van der Waals surface area contributed by atoms with Crippen LogP contribution < -0.4 is 4.74 Å². The minimum absolute atomic E-state index is 0.125. The van der Waals surface area contributed by atoms with Crippen molar-refractivity contribution in [3.8, 4) is 5.75 Å². The molecule has 0 spiro atoms. The highest BCUT2D eigenvalue weighted by Gasteiger charge is 2.02. The highest BCUT2D eigenvalue weighted by molar-refractivity contribution is 5.32. The molecule has 1 aromatic rings. The third-order valence-corrected chi connectivity index (χ3v) is 1.43. The molecule has 0 unspecified atom stereocenters. The van der Waals surface area contributed by atoms with Crippen molar-refractivity contribution in [2.45, 2.75) is 0 Å². The number of halogens is 2. The molecule has 3 nitrogen and oxygen atoms in total. The van der Waals surface area contributed by atoms with Gasteiger partial charge in [0.25, 0.3) is 0 Å². The molecule has 0 radical (unpaired) electrons. The summed E-state index contributed by atoms with van der Waals surface area (Å²) in [5.74, 6) is -1.70. The molecule has 1 aromatic carbocycles. The maximum Gasteiger partial charge on any atom is 0.235 e. The number of carbonyl (C=O) groups excluding carboxylic acids is 1. The second-order valence-corrected chi connectivity index (χ2v) is 2.40. The van der Waals surface area contributed by atoms with E-state index in [-0.39, 0.29) is 18.9 Å². The fourth-order valence-corrected chi connectivity index (χ4v) is 0.821. The van der Waals surface area contributed by atoms with Gasteiger partial charge in [-0.15, -0.1) is 0 Å². The second-order valence-electron chi connectivity index (χ2n) is 2.40. The van der Waals surface area contributed by atoms with Gasteiger partial charge in [-0.1, -0.05) is 0 Å². The molecule has 5 heteroatoms. The Bertz CT molecular complexity index is 362. The summed E-state index contributed by atoms with van der Waals surface area (Å²) in [4.78, 5) is 12.9. The summed E-state index contributed by atoms with van der Waals surface area (Å²) in [6.07, 6.45) is 1.34. The number of hydrogen-bond acceptors (Lipinski definition) is 3. The number of isocyanates is 1. The second kappa shape index (κ2) is 5.09. The van der Waals surface area contributed by atoms with E-state index in [1.807, 2.05) is 0 Å². The van der Waals surface area contributed by atoms with Crippen molar-refractivity contribution >= 4 is 6.08 Å². The first-order valence-electron chi connectivity index (χ1n) is 3.85. The van der Waals surface area contributed by atoms with E-state index in [4.69, 9.17) is 4.74 Å². The molecule has 0 saturated carbocycles. The Morgan fingerprint density at radius 3 is 2.79 bits per heavy atom. The first-order valence-corrected chi connectivity index (χ1v) is 3.85. The van der Waals surface area contributed by atoms with Gasteiger partial charge in [-0.2, -0.15) is 0 Å². The van der Waals surface area contributed by atoms with E-state index < -0.39 is 11.6 Å². The average molecular weight is 199 g/mol. The van der Waals surface area contributed by atoms with E-state index in [0.717, 1.165) is 12.1 Å². The number of rotatable bonds is 4. The van der Waals surface area contributed by atoms with Gasteiger partial charge in [0.15, 0.2) is 11.6 Å². The normalized spacial score (nSPS) is 9.29. The van der Waals surface area contributed by atoms with Gasteiger partial charge >= 0.3 is 0 Å². The first kappa shape index (κ1) is 10.3. The monoisotopic (exact) mass is 199 g/mol. The zero-order valence-electron chi connectivity index (χ0n) is 7.17. The third-order valence-electron chi connectivity index (χ3n) is 1.43. The number of hydrogen-bond donors (Lipinski definition) is 0. The molecular formula is C9H7F2NO2. The van der Waals surface area contributed by atoms with Crippen molar-refractivity contribution in [3.63, 3.8) is 0 Å². The summed E-state index contributed by atoms with van der Waals surface area (Å²) in [7, 11) is 0. The summed E-state index contributed by atoms with van der Waals surface area (Å²) in [5.41, 5.74) is 0. The highest BCUT2D eigenvalue weighted by atomic mass is 19.2. The lowest BCUT2D eigenvalue weighted by molar-refractivity contribution is 0.325. The molecule has 0 aliphatic carbocycles. The van der Waals surface area contributed by atoms with Gasteiger partial charge in [0, 0.05) is 6.07 Å². The van der Waals surface area contributed by atoms with Crippen LogP contribution in [0.5, 0.6) is 5.75 Å². The molecule has 74 valence electrons. The smallest absolute Gasteiger partial charge is 0.235 e. The lowest BCUT2D eigenvalue weighted by Gasteiger charge is -2.03. The molecule has 1 rings (SSSR count). The number of ether oxygens (including phenoxy) is 1. The van der Waals surface area contributed by atoms with E-state index >= 15 is 0 Å². The van der Waals surface area contributed by atoms with Gasteiger partial charge in [-0.25, -0.2) is 18.6 Å². The lowest BCUT2D eigenvalue weighted by Crippen LogP contribution is -2.01. The van der Waals surface area contributed by atoms with Gasteiger partial charge in [0.2, 0.25) is 6.08 Å². The molecular weight excluding hydrogens is 192 g/mol. The number of aliphatic imine (C=N–C) groups is 1. The van der Waals surface area contributed by atoms with Gasteiger partial charge in [0.1, 0.15) is 12.4 Å². The van der Waals surface area contributed by atoms with Crippen molar-refractivity contribution in [2.24, 2.45) is 4.99 Å².